The molecule has 2 heterocycles. The molecule has 3 aliphatic rings. The topological polar surface area (TPSA) is 61.8 Å². The lowest BCUT2D eigenvalue weighted by Crippen LogP contribution is -2.47. The Kier molecular flexibility index (Phi) is 5.57. The van der Waals surface area contributed by atoms with Gasteiger partial charge in [-0.15, -0.1) is 0 Å². The molecule has 2 unspecified atom stereocenters. The van der Waals surface area contributed by atoms with E-state index >= 15 is 0 Å². The third kappa shape index (κ3) is 4.73. The predicted molar refractivity (Wildman–Crippen MR) is 121 cm³/mol. The fraction of sp³-hybridized carbons (Fsp3) is 0.870. The average Bonchev–Trinajstić information content (AvgIpc) is 3.29. The Morgan fingerprint density at radius 2 is 1.59 bits per heavy atom. The minimum absolute atomic E-state index is 0.0147. The summed E-state index contributed by atoms with van der Waals surface area (Å²) in [6.07, 6.45) is 2.53. The van der Waals surface area contributed by atoms with E-state index in [0.717, 1.165) is 31.6 Å². The van der Waals surface area contributed by atoms with Crippen LogP contribution in [0.15, 0.2) is 16.3 Å². The number of fused-ring (bicyclic) bond motifs is 1. The molecule has 0 radical (unpaired) electrons. The lowest BCUT2D eigenvalue weighted by atomic mass is 9.70. The second-order valence-electron chi connectivity index (χ2n) is 12.4. The fourth-order valence-corrected chi connectivity index (χ4v) is 6.10. The molecule has 6 heteroatoms. The molecule has 2 atom stereocenters. The molecule has 5 nitrogen and oxygen atoms in total. The Bertz CT molecular complexity index is 816. The molecule has 1 saturated carbocycles. The van der Waals surface area contributed by atoms with Gasteiger partial charge in [-0.1, -0.05) is 62.3 Å². The first-order chi connectivity index (χ1) is 13.0. The van der Waals surface area contributed by atoms with Crippen molar-refractivity contribution in [3.63, 3.8) is 0 Å². The Balaban J connectivity index is 1.97. The summed E-state index contributed by atoms with van der Waals surface area (Å²) in [7, 11) is -3.14. The van der Waals surface area contributed by atoms with Crippen molar-refractivity contribution in [1.82, 2.24) is 9.62 Å². The van der Waals surface area contributed by atoms with Gasteiger partial charge in [0.2, 0.25) is 10.0 Å². The standard InChI is InChI=1S/C23H41N3O2S/c1-21(2,3)18-17-12-15(13-24-29(27,28)16-10-11-16)14-26(17)20(23(7,8)9)25-19(18)22(4,5)6/h15-16,19,24H,10-14H2,1-9H3. The summed E-state index contributed by atoms with van der Waals surface area (Å²) >= 11 is 0. The fourth-order valence-electron chi connectivity index (χ4n) is 4.64. The third-order valence-electron chi connectivity index (χ3n) is 6.18. The zero-order chi connectivity index (χ0) is 22.0. The number of nitrogens with one attached hydrogen (secondary N) is 1. The van der Waals surface area contributed by atoms with Crippen molar-refractivity contribution in [2.75, 3.05) is 13.1 Å². The zero-order valence-corrected chi connectivity index (χ0v) is 20.7. The van der Waals surface area contributed by atoms with Crippen molar-refractivity contribution in [3.8, 4) is 0 Å². The number of rotatable bonds is 4. The van der Waals surface area contributed by atoms with Gasteiger partial charge < -0.3 is 4.90 Å². The van der Waals surface area contributed by atoms with Gasteiger partial charge in [0.25, 0.3) is 0 Å². The summed E-state index contributed by atoms with van der Waals surface area (Å²) < 4.78 is 27.6. The smallest absolute Gasteiger partial charge is 0.214 e. The molecule has 3 rings (SSSR count). The maximum absolute atomic E-state index is 12.3. The molecule has 29 heavy (non-hydrogen) atoms. The highest BCUT2D eigenvalue weighted by Crippen LogP contribution is 2.48. The molecular formula is C23H41N3O2S. The molecule has 2 fully saturated rings. The van der Waals surface area contributed by atoms with E-state index in [-0.39, 0.29) is 33.5 Å². The monoisotopic (exact) mass is 423 g/mol. The van der Waals surface area contributed by atoms with Crippen molar-refractivity contribution in [1.29, 1.82) is 0 Å². The van der Waals surface area contributed by atoms with E-state index in [1.807, 2.05) is 0 Å². The van der Waals surface area contributed by atoms with Crippen LogP contribution >= 0.6 is 0 Å². The van der Waals surface area contributed by atoms with E-state index in [9.17, 15) is 8.42 Å². The van der Waals surface area contributed by atoms with Gasteiger partial charge in [-0.05, 0) is 41.6 Å². The SMILES string of the molecule is CC(C)(C)C1=NC(C(C)(C)C)C(C(C)(C)C)=C2CC(CNS(=O)(=O)C3CC3)CN12. The molecule has 1 N–H and O–H groups in total. The van der Waals surface area contributed by atoms with Crippen LogP contribution in [0.3, 0.4) is 0 Å². The quantitative estimate of drug-likeness (QED) is 0.721. The molecular weight excluding hydrogens is 382 g/mol. The number of hydrogen-bond donors (Lipinski definition) is 1. The molecule has 0 aromatic rings. The van der Waals surface area contributed by atoms with Gasteiger partial charge in [0.05, 0.1) is 11.3 Å². The molecule has 0 spiro atoms. The maximum atomic E-state index is 12.3. The van der Waals surface area contributed by atoms with Crippen LogP contribution in [0.5, 0.6) is 0 Å². The van der Waals surface area contributed by atoms with E-state index in [4.69, 9.17) is 4.99 Å². The molecule has 1 aliphatic carbocycles. The summed E-state index contributed by atoms with van der Waals surface area (Å²) in [6.45, 7) is 21.7. The van der Waals surface area contributed by atoms with Crippen LogP contribution in [0.25, 0.3) is 0 Å². The summed E-state index contributed by atoms with van der Waals surface area (Å²) in [5.41, 5.74) is 2.80. The molecule has 166 valence electrons. The van der Waals surface area contributed by atoms with Gasteiger partial charge in [-0.2, -0.15) is 0 Å². The Hall–Kier alpha value is -0.880. The van der Waals surface area contributed by atoms with E-state index < -0.39 is 10.0 Å². The van der Waals surface area contributed by atoms with Crippen molar-refractivity contribution in [2.24, 2.45) is 27.2 Å². The first-order valence-electron chi connectivity index (χ1n) is 11.1. The van der Waals surface area contributed by atoms with Crippen LogP contribution in [-0.2, 0) is 10.0 Å². The highest BCUT2D eigenvalue weighted by Gasteiger charge is 2.46. The summed E-state index contributed by atoms with van der Waals surface area (Å²) in [5.74, 6) is 1.43. The second kappa shape index (κ2) is 7.08. The highest BCUT2D eigenvalue weighted by molar-refractivity contribution is 7.90. The summed E-state index contributed by atoms with van der Waals surface area (Å²) in [5, 5.41) is -0.159. The van der Waals surface area contributed by atoms with Crippen molar-refractivity contribution < 1.29 is 8.42 Å². The van der Waals surface area contributed by atoms with Crippen LogP contribution < -0.4 is 4.72 Å². The predicted octanol–water partition coefficient (Wildman–Crippen LogP) is 4.56. The molecule has 1 saturated heterocycles. The normalized spacial score (nSPS) is 26.7. The Morgan fingerprint density at radius 3 is 2.03 bits per heavy atom. The van der Waals surface area contributed by atoms with Crippen LogP contribution in [0.1, 0.15) is 81.6 Å². The average molecular weight is 424 g/mol. The third-order valence-corrected chi connectivity index (χ3v) is 8.09. The molecule has 0 aromatic carbocycles. The van der Waals surface area contributed by atoms with E-state index in [1.165, 1.54) is 11.3 Å². The minimum atomic E-state index is -3.14. The number of aliphatic imine (C=N–C) groups is 1. The molecule has 0 amide bonds. The lowest BCUT2D eigenvalue weighted by molar-refractivity contribution is 0.285. The zero-order valence-electron chi connectivity index (χ0n) is 19.9. The molecule has 0 aromatic heterocycles. The Labute approximate surface area is 178 Å². The number of allylic oxidation sites excluding steroid dienone is 1. The Morgan fingerprint density at radius 1 is 1.00 bits per heavy atom. The summed E-state index contributed by atoms with van der Waals surface area (Å²) in [4.78, 5) is 7.76. The van der Waals surface area contributed by atoms with Crippen LogP contribution in [0.2, 0.25) is 0 Å². The molecule has 0 bridgehead atoms. The first-order valence-corrected chi connectivity index (χ1v) is 12.6. The minimum Gasteiger partial charge on any atom is -0.333 e. The van der Waals surface area contributed by atoms with Crippen molar-refractivity contribution in [2.45, 2.75) is 92.9 Å². The van der Waals surface area contributed by atoms with E-state index in [2.05, 4.69) is 71.9 Å². The number of hydrogen-bond acceptors (Lipinski definition) is 4. The van der Waals surface area contributed by atoms with Gasteiger partial charge in [0.1, 0.15) is 5.84 Å². The largest absolute Gasteiger partial charge is 0.333 e. The summed E-state index contributed by atoms with van der Waals surface area (Å²) in [6, 6.07) is 0.143. The second-order valence-corrected chi connectivity index (χ2v) is 14.4. The number of nitrogens with zero attached hydrogens (tertiary/aromatic N) is 2. The highest BCUT2D eigenvalue weighted by atomic mass is 32.2. The van der Waals surface area contributed by atoms with E-state index in [1.54, 1.807) is 0 Å². The number of amidine groups is 1. The van der Waals surface area contributed by atoms with E-state index in [0.29, 0.717) is 6.54 Å². The van der Waals surface area contributed by atoms with Gasteiger partial charge >= 0.3 is 0 Å². The van der Waals surface area contributed by atoms with Crippen LogP contribution in [-0.4, -0.2) is 43.5 Å². The van der Waals surface area contributed by atoms with Crippen LogP contribution in [0.4, 0.5) is 0 Å². The lowest BCUT2D eigenvalue weighted by Gasteiger charge is -2.45. The maximum Gasteiger partial charge on any atom is 0.214 e. The van der Waals surface area contributed by atoms with Gasteiger partial charge in [-0.25, -0.2) is 13.1 Å². The first kappa shape index (κ1) is 22.8. The van der Waals surface area contributed by atoms with Gasteiger partial charge in [0, 0.05) is 24.2 Å². The van der Waals surface area contributed by atoms with Crippen molar-refractivity contribution >= 4 is 15.9 Å². The van der Waals surface area contributed by atoms with Gasteiger partial charge in [0.15, 0.2) is 0 Å². The molecule has 2 aliphatic heterocycles. The van der Waals surface area contributed by atoms with Crippen molar-refractivity contribution in [3.05, 3.63) is 11.3 Å². The van der Waals surface area contributed by atoms with Crippen LogP contribution in [0, 0.1) is 22.2 Å². The van der Waals surface area contributed by atoms with Gasteiger partial charge in [-0.3, -0.25) is 4.99 Å². The number of sulfonamides is 1.